The third kappa shape index (κ3) is 7.81. The first-order valence-electron chi connectivity index (χ1n) is 9.51. The van der Waals surface area contributed by atoms with Gasteiger partial charge < -0.3 is 19.5 Å². The Hall–Kier alpha value is -3.10. The van der Waals surface area contributed by atoms with E-state index in [0.29, 0.717) is 36.8 Å². The predicted molar refractivity (Wildman–Crippen MR) is 103 cm³/mol. The van der Waals surface area contributed by atoms with Crippen molar-refractivity contribution in [2.24, 2.45) is 5.92 Å². The van der Waals surface area contributed by atoms with Crippen LogP contribution in [0.5, 0.6) is 11.5 Å². The number of ketones is 1. The van der Waals surface area contributed by atoms with Crippen molar-refractivity contribution >= 4 is 23.7 Å². The third-order valence-corrected chi connectivity index (χ3v) is 3.91. The number of rotatable bonds is 8. The van der Waals surface area contributed by atoms with Gasteiger partial charge in [-0.3, -0.25) is 19.7 Å². The van der Waals surface area contributed by atoms with E-state index in [2.05, 4.69) is 10.6 Å². The van der Waals surface area contributed by atoms with E-state index in [1.807, 2.05) is 13.8 Å². The number of ether oxygens (including phenoxy) is 3. The summed E-state index contributed by atoms with van der Waals surface area (Å²) in [6.07, 6.45) is 0.506. The van der Waals surface area contributed by atoms with Gasteiger partial charge in [0, 0.05) is 24.9 Å². The molecule has 0 unspecified atom stereocenters. The smallest absolute Gasteiger partial charge is 0.321 e. The van der Waals surface area contributed by atoms with Gasteiger partial charge >= 0.3 is 12.0 Å². The predicted octanol–water partition coefficient (Wildman–Crippen LogP) is 1.84. The Kier molecular flexibility index (Phi) is 8.45. The molecule has 1 aromatic carbocycles. The van der Waals surface area contributed by atoms with E-state index in [0.717, 1.165) is 6.42 Å². The first kappa shape index (κ1) is 22.2. The fourth-order valence-corrected chi connectivity index (χ4v) is 2.42. The number of hydrogen-bond donors (Lipinski definition) is 2. The Labute approximate surface area is 169 Å². The van der Waals surface area contributed by atoms with E-state index in [4.69, 9.17) is 14.2 Å². The first-order valence-corrected chi connectivity index (χ1v) is 9.51. The molecule has 0 aliphatic carbocycles. The summed E-state index contributed by atoms with van der Waals surface area (Å²) in [5.74, 6) is -0.371. The maximum atomic E-state index is 12.3. The van der Waals surface area contributed by atoms with Crippen LogP contribution in [0.15, 0.2) is 18.2 Å². The topological polar surface area (TPSA) is 120 Å². The second-order valence-corrected chi connectivity index (χ2v) is 6.95. The summed E-state index contributed by atoms with van der Waals surface area (Å²) in [6.45, 7) is 4.72. The maximum absolute atomic E-state index is 12.3. The molecule has 0 bridgehead atoms. The largest absolute Gasteiger partial charge is 0.490 e. The molecule has 1 heterocycles. The van der Waals surface area contributed by atoms with Gasteiger partial charge in [0.25, 0.3) is 5.91 Å². The van der Waals surface area contributed by atoms with Crippen LogP contribution in [-0.4, -0.2) is 50.1 Å². The fourth-order valence-electron chi connectivity index (χ4n) is 2.42. The van der Waals surface area contributed by atoms with Crippen molar-refractivity contribution in [1.29, 1.82) is 0 Å². The molecule has 0 atom stereocenters. The summed E-state index contributed by atoms with van der Waals surface area (Å²) < 4.78 is 15.9. The standard InChI is InChI=1S/C20H26N2O7/c1-13(2)11-21-20(26)22-18(24)12-29-19(25)7-5-15(23)14-4-6-16-17(10-14)28-9-3-8-27-16/h4,6,10,13H,3,5,7-9,11-12H2,1-2H3,(H2,21,22,24,26). The molecule has 0 saturated heterocycles. The minimum atomic E-state index is -0.742. The summed E-state index contributed by atoms with van der Waals surface area (Å²) >= 11 is 0. The maximum Gasteiger partial charge on any atom is 0.321 e. The Morgan fingerprint density at radius 3 is 2.52 bits per heavy atom. The summed E-state index contributed by atoms with van der Waals surface area (Å²) in [7, 11) is 0. The van der Waals surface area contributed by atoms with Crippen molar-refractivity contribution < 1.29 is 33.4 Å². The van der Waals surface area contributed by atoms with Gasteiger partial charge in [-0.15, -0.1) is 0 Å². The van der Waals surface area contributed by atoms with Crippen molar-refractivity contribution in [3.63, 3.8) is 0 Å². The van der Waals surface area contributed by atoms with Gasteiger partial charge in [0.2, 0.25) is 0 Å². The number of fused-ring (bicyclic) bond motifs is 1. The minimum Gasteiger partial charge on any atom is -0.490 e. The molecule has 1 aliphatic heterocycles. The molecule has 1 aliphatic rings. The highest BCUT2D eigenvalue weighted by Gasteiger charge is 2.16. The molecule has 2 N–H and O–H groups in total. The van der Waals surface area contributed by atoms with Gasteiger partial charge in [-0.25, -0.2) is 4.79 Å². The van der Waals surface area contributed by atoms with Crippen LogP contribution in [0.2, 0.25) is 0 Å². The average molecular weight is 406 g/mol. The minimum absolute atomic E-state index is 0.0744. The van der Waals surface area contributed by atoms with E-state index in [1.165, 1.54) is 0 Å². The Bertz CT molecular complexity index is 761. The number of imide groups is 1. The van der Waals surface area contributed by atoms with Gasteiger partial charge in [0.15, 0.2) is 23.9 Å². The molecule has 1 aromatic rings. The molecule has 9 heteroatoms. The fraction of sp³-hybridized carbons (Fsp3) is 0.500. The lowest BCUT2D eigenvalue weighted by Gasteiger charge is -2.09. The van der Waals surface area contributed by atoms with E-state index < -0.39 is 24.5 Å². The van der Waals surface area contributed by atoms with E-state index in [1.54, 1.807) is 18.2 Å². The second-order valence-electron chi connectivity index (χ2n) is 6.95. The molecule has 0 radical (unpaired) electrons. The number of amides is 3. The van der Waals surface area contributed by atoms with Crippen LogP contribution in [0, 0.1) is 5.92 Å². The third-order valence-electron chi connectivity index (χ3n) is 3.91. The highest BCUT2D eigenvalue weighted by atomic mass is 16.5. The van der Waals surface area contributed by atoms with Crippen molar-refractivity contribution in [3.8, 4) is 11.5 Å². The first-order chi connectivity index (χ1) is 13.8. The zero-order chi connectivity index (χ0) is 21.2. The lowest BCUT2D eigenvalue weighted by atomic mass is 10.1. The Morgan fingerprint density at radius 2 is 1.79 bits per heavy atom. The lowest BCUT2D eigenvalue weighted by molar-refractivity contribution is -0.148. The van der Waals surface area contributed by atoms with Crippen LogP contribution >= 0.6 is 0 Å². The van der Waals surface area contributed by atoms with Gasteiger partial charge in [-0.1, -0.05) is 13.8 Å². The van der Waals surface area contributed by atoms with Crippen LogP contribution in [0.1, 0.15) is 43.5 Å². The van der Waals surface area contributed by atoms with Crippen LogP contribution in [0.25, 0.3) is 0 Å². The molecule has 158 valence electrons. The van der Waals surface area contributed by atoms with Crippen LogP contribution in [0.4, 0.5) is 4.79 Å². The number of carbonyl (C=O) groups excluding carboxylic acids is 4. The van der Waals surface area contributed by atoms with Crippen molar-refractivity contribution in [2.45, 2.75) is 33.1 Å². The Balaban J connectivity index is 1.72. The van der Waals surface area contributed by atoms with Crippen LogP contribution in [-0.2, 0) is 14.3 Å². The van der Waals surface area contributed by atoms with Gasteiger partial charge in [-0.05, 0) is 24.1 Å². The number of nitrogens with one attached hydrogen (secondary N) is 2. The molecule has 3 amide bonds. The molecular formula is C20H26N2O7. The number of benzene rings is 1. The van der Waals surface area contributed by atoms with Crippen molar-refractivity contribution in [1.82, 2.24) is 10.6 Å². The van der Waals surface area contributed by atoms with Crippen LogP contribution < -0.4 is 20.1 Å². The Morgan fingerprint density at radius 1 is 1.07 bits per heavy atom. The summed E-state index contributed by atoms with van der Waals surface area (Å²) in [5.41, 5.74) is 0.404. The molecule has 29 heavy (non-hydrogen) atoms. The normalized spacial score (nSPS) is 12.7. The number of Topliss-reactive ketones (excluding diaryl/α,β-unsaturated/α-hetero) is 1. The summed E-state index contributed by atoms with van der Waals surface area (Å²) in [5, 5.41) is 4.57. The van der Waals surface area contributed by atoms with E-state index in [-0.39, 0.29) is 24.5 Å². The van der Waals surface area contributed by atoms with E-state index in [9.17, 15) is 19.2 Å². The summed E-state index contributed by atoms with van der Waals surface area (Å²) in [4.78, 5) is 47.1. The monoisotopic (exact) mass is 406 g/mol. The van der Waals surface area contributed by atoms with Crippen LogP contribution in [0.3, 0.4) is 0 Å². The van der Waals surface area contributed by atoms with E-state index >= 15 is 0 Å². The highest BCUT2D eigenvalue weighted by Crippen LogP contribution is 2.30. The zero-order valence-corrected chi connectivity index (χ0v) is 16.6. The molecule has 2 rings (SSSR count). The summed E-state index contributed by atoms with van der Waals surface area (Å²) in [6, 6.07) is 4.23. The molecule has 0 saturated carbocycles. The van der Waals surface area contributed by atoms with Gasteiger partial charge in [-0.2, -0.15) is 0 Å². The molecule has 9 nitrogen and oxygen atoms in total. The molecule has 0 fully saturated rings. The van der Waals surface area contributed by atoms with Gasteiger partial charge in [0.05, 0.1) is 19.6 Å². The second kappa shape index (κ2) is 11.0. The highest BCUT2D eigenvalue weighted by molar-refractivity contribution is 5.98. The lowest BCUT2D eigenvalue weighted by Crippen LogP contribution is -2.42. The number of carbonyl (C=O) groups is 4. The average Bonchev–Trinajstić information content (AvgIpc) is 2.93. The molecule has 0 aromatic heterocycles. The zero-order valence-electron chi connectivity index (χ0n) is 16.6. The number of hydrogen-bond acceptors (Lipinski definition) is 7. The van der Waals surface area contributed by atoms with Crippen molar-refractivity contribution in [3.05, 3.63) is 23.8 Å². The van der Waals surface area contributed by atoms with Gasteiger partial charge in [0.1, 0.15) is 0 Å². The molecule has 0 spiro atoms. The van der Waals surface area contributed by atoms with Crippen molar-refractivity contribution in [2.75, 3.05) is 26.4 Å². The molecular weight excluding hydrogens is 380 g/mol. The quantitative estimate of drug-likeness (QED) is 0.499. The number of urea groups is 1. The SMILES string of the molecule is CC(C)CNC(=O)NC(=O)COC(=O)CCC(=O)c1ccc2c(c1)OCCCO2. The number of esters is 1.